The Morgan fingerprint density at radius 2 is 2.03 bits per heavy atom. The molecule has 0 bridgehead atoms. The lowest BCUT2D eigenvalue weighted by molar-refractivity contribution is -0.123. The van der Waals surface area contributed by atoms with Gasteiger partial charge in [0.15, 0.2) is 11.6 Å². The van der Waals surface area contributed by atoms with Gasteiger partial charge in [0.1, 0.15) is 11.6 Å². The van der Waals surface area contributed by atoms with Gasteiger partial charge >= 0.3 is 0 Å². The number of carbonyl (C=O) groups is 2. The van der Waals surface area contributed by atoms with E-state index in [9.17, 15) is 14.0 Å². The Balaban J connectivity index is 1.39. The first-order valence-electron chi connectivity index (χ1n) is 8.61. The maximum Gasteiger partial charge on any atom is 0.284 e. The molecule has 1 heterocycles. The molecule has 150 valence electrons. The van der Waals surface area contributed by atoms with E-state index >= 15 is 0 Å². The summed E-state index contributed by atoms with van der Waals surface area (Å²) in [4.78, 5) is 28.4. The lowest BCUT2D eigenvalue weighted by atomic mass is 10.3. The molecular formula is C20H17ClFN3O3S. The van der Waals surface area contributed by atoms with Crippen molar-refractivity contribution in [2.45, 2.75) is 6.42 Å². The van der Waals surface area contributed by atoms with Crippen LogP contribution in [0.1, 0.15) is 16.2 Å². The van der Waals surface area contributed by atoms with E-state index in [1.54, 1.807) is 0 Å². The van der Waals surface area contributed by atoms with Crippen molar-refractivity contribution in [2.24, 2.45) is 0 Å². The Kier molecular flexibility index (Phi) is 6.79. The monoisotopic (exact) mass is 433 g/mol. The molecule has 0 atom stereocenters. The first-order chi connectivity index (χ1) is 13.9. The fraction of sp³-hybridized carbons (Fsp3) is 0.150. The second-order valence-corrected chi connectivity index (χ2v) is 7.45. The minimum atomic E-state index is -0.621. The van der Waals surface area contributed by atoms with Crippen LogP contribution < -0.4 is 15.4 Å². The molecule has 0 radical (unpaired) electrons. The van der Waals surface area contributed by atoms with Crippen LogP contribution in [-0.2, 0) is 4.79 Å². The number of rotatable bonds is 8. The summed E-state index contributed by atoms with van der Waals surface area (Å²) < 4.78 is 19.5. The molecule has 0 aliphatic rings. The van der Waals surface area contributed by atoms with Crippen LogP contribution in [0.3, 0.4) is 0 Å². The molecule has 2 amide bonds. The van der Waals surface area contributed by atoms with Gasteiger partial charge in [-0.25, -0.2) is 9.37 Å². The molecule has 1 aromatic heterocycles. The van der Waals surface area contributed by atoms with Crippen molar-refractivity contribution in [1.29, 1.82) is 0 Å². The van der Waals surface area contributed by atoms with Gasteiger partial charge in [-0.3, -0.25) is 9.59 Å². The van der Waals surface area contributed by atoms with Crippen LogP contribution in [-0.4, -0.2) is 29.9 Å². The quantitative estimate of drug-likeness (QED) is 0.564. The third-order valence-corrected chi connectivity index (χ3v) is 5.13. The molecule has 6 nitrogen and oxygen atoms in total. The number of amides is 2. The number of nitrogens with zero attached hydrogens (tertiary/aromatic N) is 1. The second-order valence-electron chi connectivity index (χ2n) is 6.01. The van der Waals surface area contributed by atoms with Gasteiger partial charge in [0, 0.05) is 24.7 Å². The zero-order valence-corrected chi connectivity index (χ0v) is 16.8. The summed E-state index contributed by atoms with van der Waals surface area (Å²) in [6.45, 7) is 3.78. The molecule has 0 aliphatic heterocycles. The van der Waals surface area contributed by atoms with Crippen molar-refractivity contribution < 1.29 is 18.7 Å². The molecular weight excluding hydrogens is 417 g/mol. The van der Waals surface area contributed by atoms with E-state index in [0.717, 1.165) is 16.3 Å². The fourth-order valence-electron chi connectivity index (χ4n) is 2.37. The van der Waals surface area contributed by atoms with E-state index in [-0.39, 0.29) is 35.7 Å². The summed E-state index contributed by atoms with van der Waals surface area (Å²) in [5.41, 5.74) is 1.22. The van der Waals surface area contributed by atoms with Crippen molar-refractivity contribution in [1.82, 2.24) is 15.6 Å². The van der Waals surface area contributed by atoms with Crippen LogP contribution in [0, 0.1) is 5.82 Å². The van der Waals surface area contributed by atoms with Crippen LogP contribution in [0.25, 0.3) is 10.2 Å². The lowest BCUT2D eigenvalue weighted by Crippen LogP contribution is -2.31. The Morgan fingerprint density at radius 1 is 1.24 bits per heavy atom. The number of aromatic nitrogens is 1. The minimum Gasteiger partial charge on any atom is -0.484 e. The number of fused-ring (bicyclic) bond motifs is 1. The Labute approximate surface area is 175 Å². The van der Waals surface area contributed by atoms with Crippen LogP contribution in [0.5, 0.6) is 5.75 Å². The number of carbonyl (C=O) groups excluding carboxylic acids is 2. The van der Waals surface area contributed by atoms with Gasteiger partial charge in [-0.2, -0.15) is 0 Å². The molecule has 0 spiro atoms. The Hall–Kier alpha value is -2.97. The summed E-state index contributed by atoms with van der Waals surface area (Å²) in [5.74, 6) is -1.14. The number of halogens is 2. The Bertz CT molecular complexity index is 1040. The highest BCUT2D eigenvalue weighted by molar-refractivity contribution is 7.20. The maximum atomic E-state index is 13.3. The minimum absolute atomic E-state index is 0.0202. The molecule has 0 aliphatic carbocycles. The normalized spacial score (nSPS) is 10.6. The van der Waals surface area contributed by atoms with Crippen LogP contribution >= 0.6 is 22.9 Å². The molecule has 0 unspecified atom stereocenters. The second kappa shape index (κ2) is 9.49. The average Bonchev–Trinajstić information content (AvgIpc) is 3.13. The number of ether oxygens (including phenoxy) is 1. The molecule has 2 N–H and O–H groups in total. The Morgan fingerprint density at radius 3 is 2.79 bits per heavy atom. The molecule has 0 fully saturated rings. The van der Waals surface area contributed by atoms with E-state index < -0.39 is 5.82 Å². The largest absolute Gasteiger partial charge is 0.484 e. The number of para-hydroxylation sites is 1. The van der Waals surface area contributed by atoms with Crippen molar-refractivity contribution in [3.05, 3.63) is 70.6 Å². The summed E-state index contributed by atoms with van der Waals surface area (Å²) >= 11 is 6.88. The SMILES string of the molecule is C=C(CCNC(=O)COc1ccc(Cl)c(F)c1)NC(=O)c1nc2ccccc2s1. The van der Waals surface area contributed by atoms with E-state index in [2.05, 4.69) is 22.2 Å². The standard InChI is InChI=1S/C20H17ClFN3O3S/c1-12(24-19(27)20-25-16-4-2-3-5-17(16)29-20)8-9-23-18(26)11-28-13-6-7-14(21)15(22)10-13/h2-7,10H,1,8-9,11H2,(H,23,26)(H,24,27). The van der Waals surface area contributed by atoms with Gasteiger partial charge in [0.05, 0.1) is 15.2 Å². The summed E-state index contributed by atoms with van der Waals surface area (Å²) in [6.07, 6.45) is 0.345. The number of benzene rings is 2. The highest BCUT2D eigenvalue weighted by Gasteiger charge is 2.13. The van der Waals surface area contributed by atoms with Crippen molar-refractivity contribution in [3.8, 4) is 5.75 Å². The topological polar surface area (TPSA) is 80.3 Å². The lowest BCUT2D eigenvalue weighted by Gasteiger charge is -2.09. The zero-order chi connectivity index (χ0) is 20.8. The van der Waals surface area contributed by atoms with Gasteiger partial charge in [0.2, 0.25) is 0 Å². The van der Waals surface area contributed by atoms with Crippen molar-refractivity contribution in [2.75, 3.05) is 13.2 Å². The van der Waals surface area contributed by atoms with Crippen LogP contribution in [0.15, 0.2) is 54.7 Å². The maximum absolute atomic E-state index is 13.3. The van der Waals surface area contributed by atoms with Gasteiger partial charge in [-0.05, 0) is 24.3 Å². The average molecular weight is 434 g/mol. The molecule has 3 rings (SSSR count). The molecule has 29 heavy (non-hydrogen) atoms. The van der Waals surface area contributed by atoms with E-state index in [1.807, 2.05) is 24.3 Å². The third-order valence-electron chi connectivity index (χ3n) is 3.79. The van der Waals surface area contributed by atoms with Crippen molar-refractivity contribution in [3.63, 3.8) is 0 Å². The third kappa shape index (κ3) is 5.75. The molecule has 3 aromatic rings. The predicted molar refractivity (Wildman–Crippen MR) is 111 cm³/mol. The first-order valence-corrected chi connectivity index (χ1v) is 9.81. The number of thiazole rings is 1. The molecule has 9 heteroatoms. The van der Waals surface area contributed by atoms with E-state index in [0.29, 0.717) is 17.1 Å². The van der Waals surface area contributed by atoms with Crippen molar-refractivity contribution >= 4 is 45.0 Å². The zero-order valence-electron chi connectivity index (χ0n) is 15.2. The molecule has 0 saturated carbocycles. The number of hydrogen-bond donors (Lipinski definition) is 2. The van der Waals surface area contributed by atoms with E-state index in [1.165, 1.54) is 23.5 Å². The summed E-state index contributed by atoms with van der Waals surface area (Å²) in [6, 6.07) is 11.4. The molecule has 0 saturated heterocycles. The van der Waals surface area contributed by atoms with Gasteiger partial charge in [0.25, 0.3) is 11.8 Å². The van der Waals surface area contributed by atoms with E-state index in [4.69, 9.17) is 16.3 Å². The van der Waals surface area contributed by atoms with Gasteiger partial charge < -0.3 is 15.4 Å². The predicted octanol–water partition coefficient (Wildman–Crippen LogP) is 3.92. The number of nitrogens with one attached hydrogen (secondary N) is 2. The highest BCUT2D eigenvalue weighted by atomic mass is 35.5. The summed E-state index contributed by atoms with van der Waals surface area (Å²) in [5, 5.41) is 5.64. The highest BCUT2D eigenvalue weighted by Crippen LogP contribution is 2.22. The smallest absolute Gasteiger partial charge is 0.284 e. The van der Waals surface area contributed by atoms with Crippen LogP contribution in [0.2, 0.25) is 5.02 Å². The summed E-state index contributed by atoms with van der Waals surface area (Å²) in [7, 11) is 0. The first kappa shape index (κ1) is 20.8. The van der Waals surface area contributed by atoms with Gasteiger partial charge in [-0.1, -0.05) is 30.3 Å². The van der Waals surface area contributed by atoms with Gasteiger partial charge in [-0.15, -0.1) is 11.3 Å². The number of hydrogen-bond acceptors (Lipinski definition) is 5. The molecule has 2 aromatic carbocycles. The van der Waals surface area contributed by atoms with Crippen LogP contribution in [0.4, 0.5) is 4.39 Å². The fourth-order valence-corrected chi connectivity index (χ4v) is 3.34.